The standard InChI is InChI=1S/C14H15NO2/c15-14(6-10-4-2-1-3-5-10)11-7-12(16)9-13(17)8-11/h1-5,7-9,14,16-17H,6,15H2. The molecule has 0 saturated heterocycles. The van der Waals surface area contributed by atoms with Crippen LogP contribution in [0, 0.1) is 0 Å². The number of rotatable bonds is 3. The molecule has 1 atom stereocenters. The smallest absolute Gasteiger partial charge is 0.119 e. The van der Waals surface area contributed by atoms with Crippen molar-refractivity contribution in [2.24, 2.45) is 5.73 Å². The molecule has 4 N–H and O–H groups in total. The van der Waals surface area contributed by atoms with Crippen LogP contribution in [0.15, 0.2) is 48.5 Å². The fourth-order valence-corrected chi connectivity index (χ4v) is 1.82. The Labute approximate surface area is 100 Å². The van der Waals surface area contributed by atoms with Crippen molar-refractivity contribution in [1.82, 2.24) is 0 Å². The summed E-state index contributed by atoms with van der Waals surface area (Å²) in [7, 11) is 0. The van der Waals surface area contributed by atoms with Gasteiger partial charge < -0.3 is 15.9 Å². The summed E-state index contributed by atoms with van der Waals surface area (Å²) in [5.41, 5.74) is 7.90. The molecule has 0 aliphatic rings. The third-order valence-electron chi connectivity index (χ3n) is 2.65. The number of nitrogens with two attached hydrogens (primary N) is 1. The van der Waals surface area contributed by atoms with Gasteiger partial charge in [0.2, 0.25) is 0 Å². The van der Waals surface area contributed by atoms with E-state index in [1.165, 1.54) is 6.07 Å². The van der Waals surface area contributed by atoms with Crippen molar-refractivity contribution in [3.63, 3.8) is 0 Å². The van der Waals surface area contributed by atoms with Crippen molar-refractivity contribution < 1.29 is 10.2 Å². The summed E-state index contributed by atoms with van der Waals surface area (Å²) in [4.78, 5) is 0. The molecule has 2 aromatic rings. The molecule has 3 nitrogen and oxygen atoms in total. The van der Waals surface area contributed by atoms with Gasteiger partial charge in [-0.3, -0.25) is 0 Å². The second-order valence-corrected chi connectivity index (χ2v) is 4.08. The summed E-state index contributed by atoms with van der Waals surface area (Å²) in [6, 6.07) is 14.1. The topological polar surface area (TPSA) is 66.5 Å². The van der Waals surface area contributed by atoms with Crippen LogP contribution in [0.5, 0.6) is 11.5 Å². The van der Waals surface area contributed by atoms with Gasteiger partial charge in [-0.05, 0) is 29.7 Å². The maximum Gasteiger partial charge on any atom is 0.119 e. The zero-order valence-corrected chi connectivity index (χ0v) is 9.38. The quantitative estimate of drug-likeness (QED) is 0.756. The van der Waals surface area contributed by atoms with Gasteiger partial charge in [-0.15, -0.1) is 0 Å². The molecule has 1 unspecified atom stereocenters. The molecular formula is C14H15NO2. The number of hydrogen-bond donors (Lipinski definition) is 3. The minimum Gasteiger partial charge on any atom is -0.508 e. The summed E-state index contributed by atoms with van der Waals surface area (Å²) < 4.78 is 0. The van der Waals surface area contributed by atoms with Crippen LogP contribution in [0.2, 0.25) is 0 Å². The summed E-state index contributed by atoms with van der Waals surface area (Å²) >= 11 is 0. The van der Waals surface area contributed by atoms with Crippen LogP contribution >= 0.6 is 0 Å². The third-order valence-corrected chi connectivity index (χ3v) is 2.65. The van der Waals surface area contributed by atoms with Gasteiger partial charge in [0.15, 0.2) is 0 Å². The van der Waals surface area contributed by atoms with E-state index in [1.807, 2.05) is 30.3 Å². The predicted octanol–water partition coefficient (Wildman–Crippen LogP) is 2.34. The molecule has 0 spiro atoms. The van der Waals surface area contributed by atoms with Crippen molar-refractivity contribution in [2.75, 3.05) is 0 Å². The molecule has 3 heteroatoms. The lowest BCUT2D eigenvalue weighted by Gasteiger charge is -2.13. The molecule has 0 aliphatic carbocycles. The molecular weight excluding hydrogens is 214 g/mol. The lowest BCUT2D eigenvalue weighted by Crippen LogP contribution is -2.13. The van der Waals surface area contributed by atoms with Gasteiger partial charge in [0, 0.05) is 12.1 Å². The van der Waals surface area contributed by atoms with Gasteiger partial charge in [-0.2, -0.15) is 0 Å². The average Bonchev–Trinajstić information content (AvgIpc) is 2.29. The Hall–Kier alpha value is -2.00. The molecule has 0 aliphatic heterocycles. The highest BCUT2D eigenvalue weighted by Gasteiger charge is 2.09. The Morgan fingerprint density at radius 3 is 2.12 bits per heavy atom. The first-order valence-corrected chi connectivity index (χ1v) is 5.47. The minimum absolute atomic E-state index is 0.0310. The van der Waals surface area contributed by atoms with E-state index in [9.17, 15) is 10.2 Å². The normalized spacial score (nSPS) is 12.3. The fraction of sp³-hybridized carbons (Fsp3) is 0.143. The molecule has 17 heavy (non-hydrogen) atoms. The Kier molecular flexibility index (Phi) is 3.30. The first-order valence-electron chi connectivity index (χ1n) is 5.47. The van der Waals surface area contributed by atoms with E-state index in [0.29, 0.717) is 6.42 Å². The van der Waals surface area contributed by atoms with Gasteiger partial charge >= 0.3 is 0 Å². The summed E-state index contributed by atoms with van der Waals surface area (Å²) in [6.07, 6.45) is 0.670. The van der Waals surface area contributed by atoms with E-state index >= 15 is 0 Å². The van der Waals surface area contributed by atoms with Crippen LogP contribution in [0.1, 0.15) is 17.2 Å². The lowest BCUT2D eigenvalue weighted by molar-refractivity contribution is 0.448. The highest BCUT2D eigenvalue weighted by Crippen LogP contribution is 2.25. The molecule has 0 saturated carbocycles. The van der Waals surface area contributed by atoms with Crippen molar-refractivity contribution in [2.45, 2.75) is 12.5 Å². The molecule has 0 fully saturated rings. The maximum atomic E-state index is 9.39. The van der Waals surface area contributed by atoms with Gasteiger partial charge in [0.25, 0.3) is 0 Å². The molecule has 2 rings (SSSR count). The van der Waals surface area contributed by atoms with Crippen molar-refractivity contribution in [3.8, 4) is 11.5 Å². The van der Waals surface area contributed by atoms with Crippen molar-refractivity contribution in [3.05, 3.63) is 59.7 Å². The molecule has 0 radical (unpaired) electrons. The Bertz CT molecular complexity index is 477. The van der Waals surface area contributed by atoms with Crippen LogP contribution in [0.3, 0.4) is 0 Å². The number of phenols is 2. The predicted molar refractivity (Wildman–Crippen MR) is 66.8 cm³/mol. The fourth-order valence-electron chi connectivity index (χ4n) is 1.82. The van der Waals surface area contributed by atoms with Gasteiger partial charge in [0.1, 0.15) is 11.5 Å². The zero-order chi connectivity index (χ0) is 12.3. The largest absolute Gasteiger partial charge is 0.508 e. The Morgan fingerprint density at radius 2 is 1.53 bits per heavy atom. The van der Waals surface area contributed by atoms with E-state index in [4.69, 9.17) is 5.73 Å². The van der Waals surface area contributed by atoms with Crippen LogP contribution in [0.25, 0.3) is 0 Å². The number of aromatic hydroxyl groups is 2. The van der Waals surface area contributed by atoms with E-state index < -0.39 is 0 Å². The Morgan fingerprint density at radius 1 is 0.941 bits per heavy atom. The lowest BCUT2D eigenvalue weighted by atomic mass is 9.99. The highest BCUT2D eigenvalue weighted by atomic mass is 16.3. The molecule has 0 aromatic heterocycles. The van der Waals surface area contributed by atoms with E-state index in [0.717, 1.165) is 11.1 Å². The van der Waals surface area contributed by atoms with Crippen LogP contribution in [0.4, 0.5) is 0 Å². The number of benzene rings is 2. The SMILES string of the molecule is NC(Cc1ccccc1)c1cc(O)cc(O)c1. The third kappa shape index (κ3) is 2.98. The van der Waals surface area contributed by atoms with E-state index in [-0.39, 0.29) is 17.5 Å². The zero-order valence-electron chi connectivity index (χ0n) is 9.38. The highest BCUT2D eigenvalue weighted by molar-refractivity contribution is 5.38. The first kappa shape index (κ1) is 11.5. The van der Waals surface area contributed by atoms with Crippen molar-refractivity contribution >= 4 is 0 Å². The van der Waals surface area contributed by atoms with Crippen LogP contribution < -0.4 is 5.73 Å². The summed E-state index contributed by atoms with van der Waals surface area (Å²) in [5.74, 6) is 0.0621. The molecule has 0 bridgehead atoms. The Balaban J connectivity index is 2.17. The molecule has 0 heterocycles. The van der Waals surface area contributed by atoms with Crippen LogP contribution in [-0.4, -0.2) is 10.2 Å². The first-order chi connectivity index (χ1) is 8.15. The maximum absolute atomic E-state index is 9.39. The van der Waals surface area contributed by atoms with Gasteiger partial charge in [-0.1, -0.05) is 30.3 Å². The second-order valence-electron chi connectivity index (χ2n) is 4.08. The monoisotopic (exact) mass is 229 g/mol. The van der Waals surface area contributed by atoms with Crippen molar-refractivity contribution in [1.29, 1.82) is 0 Å². The average molecular weight is 229 g/mol. The molecule has 0 amide bonds. The van der Waals surface area contributed by atoms with Gasteiger partial charge in [-0.25, -0.2) is 0 Å². The van der Waals surface area contributed by atoms with E-state index in [1.54, 1.807) is 12.1 Å². The van der Waals surface area contributed by atoms with Gasteiger partial charge in [0.05, 0.1) is 0 Å². The minimum atomic E-state index is -0.240. The second kappa shape index (κ2) is 4.89. The summed E-state index contributed by atoms with van der Waals surface area (Å²) in [6.45, 7) is 0. The number of phenolic OH excluding ortho intramolecular Hbond substituents is 2. The molecule has 88 valence electrons. The van der Waals surface area contributed by atoms with Crippen LogP contribution in [-0.2, 0) is 6.42 Å². The molecule has 2 aromatic carbocycles. The summed E-state index contributed by atoms with van der Waals surface area (Å²) in [5, 5.41) is 18.8. The van der Waals surface area contributed by atoms with E-state index in [2.05, 4.69) is 0 Å². The number of hydrogen-bond acceptors (Lipinski definition) is 3.